The van der Waals surface area contributed by atoms with Gasteiger partial charge in [-0.05, 0) is 49.2 Å². The summed E-state index contributed by atoms with van der Waals surface area (Å²) in [5.41, 5.74) is 0.743. The van der Waals surface area contributed by atoms with Gasteiger partial charge in [-0.3, -0.25) is 9.59 Å². The fourth-order valence-electron chi connectivity index (χ4n) is 4.15. The monoisotopic (exact) mass is 349 g/mol. The Kier molecular flexibility index (Phi) is 3.35. The maximum Gasteiger partial charge on any atom is 0.244 e. The fraction of sp³-hybridized carbons (Fsp3) is 0.438. The Bertz CT molecular complexity index is 716. The van der Waals surface area contributed by atoms with Gasteiger partial charge < -0.3 is 15.5 Å². The number of nitrogens with zero attached hydrogens (tertiary/aromatic N) is 1. The molecule has 5 nitrogen and oxygen atoms in total. The van der Waals surface area contributed by atoms with Crippen molar-refractivity contribution in [1.82, 2.24) is 10.6 Å². The normalized spacial score (nSPS) is 25.5. The molecule has 0 radical (unpaired) electrons. The summed E-state index contributed by atoms with van der Waals surface area (Å²) in [6.45, 7) is 0.824. The molecule has 4 rings (SSSR count). The molecule has 120 valence electrons. The van der Waals surface area contributed by atoms with E-state index in [1.807, 2.05) is 18.2 Å². The Morgan fingerprint density at radius 1 is 1.22 bits per heavy atom. The number of piperidine rings is 1. The Balaban J connectivity index is 1.91. The molecule has 1 atom stereocenters. The van der Waals surface area contributed by atoms with Crippen LogP contribution in [0.5, 0.6) is 0 Å². The average Bonchev–Trinajstić information content (AvgIpc) is 2.53. The number of hydrogen-bond donors (Lipinski definition) is 2. The van der Waals surface area contributed by atoms with E-state index in [1.54, 1.807) is 0 Å². The van der Waals surface area contributed by atoms with Crippen LogP contribution in [0.15, 0.2) is 18.2 Å². The minimum Gasteiger partial charge on any atom is -0.367 e. The minimum absolute atomic E-state index is 0.0814. The molecule has 2 amide bonds. The fourth-order valence-corrected chi connectivity index (χ4v) is 4.57. The van der Waals surface area contributed by atoms with Gasteiger partial charge in [-0.15, -0.1) is 0 Å². The third-order valence-corrected chi connectivity index (χ3v) is 5.75. The molecule has 0 bridgehead atoms. The zero-order chi connectivity index (χ0) is 16.2. The van der Waals surface area contributed by atoms with E-state index in [4.69, 9.17) is 23.8 Å². The summed E-state index contributed by atoms with van der Waals surface area (Å²) in [6, 6.07) is 5.59. The summed E-state index contributed by atoms with van der Waals surface area (Å²) in [6.07, 6.45) is 3.16. The first-order chi connectivity index (χ1) is 11.0. The molecule has 2 saturated heterocycles. The largest absolute Gasteiger partial charge is 0.367 e. The Hall–Kier alpha value is -1.66. The summed E-state index contributed by atoms with van der Waals surface area (Å²) >= 11 is 11.3. The molecule has 7 heteroatoms. The number of thiocarbonyl (C=S) groups is 1. The zero-order valence-electron chi connectivity index (χ0n) is 12.4. The summed E-state index contributed by atoms with van der Waals surface area (Å²) in [5.74, 6) is -0.623. The number of anilines is 1. The van der Waals surface area contributed by atoms with Gasteiger partial charge in [0.15, 0.2) is 10.5 Å². The lowest BCUT2D eigenvalue weighted by atomic mass is 9.66. The van der Waals surface area contributed by atoms with E-state index in [0.29, 0.717) is 11.4 Å². The van der Waals surface area contributed by atoms with Gasteiger partial charge in [-0.1, -0.05) is 17.7 Å². The first-order valence-electron chi connectivity index (χ1n) is 7.75. The van der Waals surface area contributed by atoms with E-state index in [9.17, 15) is 9.59 Å². The van der Waals surface area contributed by atoms with Crippen molar-refractivity contribution in [1.29, 1.82) is 0 Å². The number of carbonyl (C=O) groups excluding carboxylic acids is 2. The van der Waals surface area contributed by atoms with Crippen LogP contribution in [-0.2, 0) is 16.0 Å². The molecule has 1 aromatic rings. The number of fused-ring (bicyclic) bond motifs is 4. The topological polar surface area (TPSA) is 61.4 Å². The van der Waals surface area contributed by atoms with Crippen molar-refractivity contribution in [3.63, 3.8) is 0 Å². The second-order valence-electron chi connectivity index (χ2n) is 6.33. The second-order valence-corrected chi connectivity index (χ2v) is 7.14. The second kappa shape index (κ2) is 5.18. The average molecular weight is 350 g/mol. The third kappa shape index (κ3) is 2.01. The van der Waals surface area contributed by atoms with E-state index < -0.39 is 5.41 Å². The highest BCUT2D eigenvalue weighted by atomic mass is 35.5. The molecule has 1 spiro atoms. The first kappa shape index (κ1) is 14.9. The summed E-state index contributed by atoms with van der Waals surface area (Å²) in [5, 5.41) is 5.97. The lowest BCUT2D eigenvalue weighted by Gasteiger charge is -2.52. The van der Waals surface area contributed by atoms with E-state index in [1.165, 1.54) is 0 Å². The molecular formula is C16H16ClN3O2S. The molecular weight excluding hydrogens is 334 g/mol. The number of amides is 2. The van der Waals surface area contributed by atoms with Gasteiger partial charge >= 0.3 is 0 Å². The highest BCUT2D eigenvalue weighted by molar-refractivity contribution is 7.80. The maximum atomic E-state index is 12.8. The standard InChI is InChI=1S/C16H16ClN3O2S/c17-10-4-3-5-11-9(10)8-16(12-6-1-2-7-20(11)12)13(21)18-15(23)19-14(16)22/h3-5,12H,1-2,6-8H2,(H2,18,19,21,22,23). The van der Waals surface area contributed by atoms with Gasteiger partial charge in [0, 0.05) is 23.7 Å². The Morgan fingerprint density at radius 3 is 2.70 bits per heavy atom. The van der Waals surface area contributed by atoms with Crippen molar-refractivity contribution in [2.24, 2.45) is 5.41 Å². The minimum atomic E-state index is -1.17. The summed E-state index contributed by atoms with van der Waals surface area (Å²) in [7, 11) is 0. The Labute approximate surface area is 144 Å². The van der Waals surface area contributed by atoms with Gasteiger partial charge in [0.25, 0.3) is 0 Å². The van der Waals surface area contributed by atoms with E-state index in [-0.39, 0.29) is 23.0 Å². The smallest absolute Gasteiger partial charge is 0.244 e. The molecule has 23 heavy (non-hydrogen) atoms. The van der Waals surface area contributed by atoms with Crippen LogP contribution in [0.1, 0.15) is 24.8 Å². The van der Waals surface area contributed by atoms with Crippen molar-refractivity contribution < 1.29 is 9.59 Å². The van der Waals surface area contributed by atoms with E-state index >= 15 is 0 Å². The lowest BCUT2D eigenvalue weighted by molar-refractivity contribution is -0.146. The van der Waals surface area contributed by atoms with Gasteiger partial charge in [0.1, 0.15) is 0 Å². The van der Waals surface area contributed by atoms with Gasteiger partial charge in [-0.2, -0.15) is 0 Å². The van der Waals surface area contributed by atoms with Crippen LogP contribution >= 0.6 is 23.8 Å². The Morgan fingerprint density at radius 2 is 1.96 bits per heavy atom. The number of rotatable bonds is 0. The predicted octanol–water partition coefficient (Wildman–Crippen LogP) is 1.77. The quantitative estimate of drug-likeness (QED) is 0.553. The van der Waals surface area contributed by atoms with Crippen LogP contribution in [0.3, 0.4) is 0 Å². The molecule has 2 fully saturated rings. The van der Waals surface area contributed by atoms with Crippen LogP contribution in [-0.4, -0.2) is 29.5 Å². The highest BCUT2D eigenvalue weighted by Crippen LogP contribution is 2.48. The van der Waals surface area contributed by atoms with Crippen LogP contribution in [0.25, 0.3) is 0 Å². The molecule has 1 aromatic carbocycles. The van der Waals surface area contributed by atoms with E-state index in [0.717, 1.165) is 37.1 Å². The molecule has 3 heterocycles. The predicted molar refractivity (Wildman–Crippen MR) is 91.5 cm³/mol. The summed E-state index contributed by atoms with van der Waals surface area (Å²) in [4.78, 5) is 27.9. The van der Waals surface area contributed by atoms with Crippen molar-refractivity contribution in [3.05, 3.63) is 28.8 Å². The zero-order valence-corrected chi connectivity index (χ0v) is 14.0. The molecule has 1 unspecified atom stereocenters. The van der Waals surface area contributed by atoms with Crippen molar-refractivity contribution in [3.8, 4) is 0 Å². The summed E-state index contributed by atoms with van der Waals surface area (Å²) < 4.78 is 0. The number of halogens is 1. The number of carbonyl (C=O) groups is 2. The molecule has 3 aliphatic rings. The number of benzene rings is 1. The molecule has 2 N–H and O–H groups in total. The van der Waals surface area contributed by atoms with Gasteiger partial charge in [0.05, 0.1) is 6.04 Å². The van der Waals surface area contributed by atoms with Crippen LogP contribution < -0.4 is 15.5 Å². The van der Waals surface area contributed by atoms with Gasteiger partial charge in [-0.25, -0.2) is 0 Å². The van der Waals surface area contributed by atoms with Crippen molar-refractivity contribution in [2.75, 3.05) is 11.4 Å². The van der Waals surface area contributed by atoms with Gasteiger partial charge in [0.2, 0.25) is 11.8 Å². The molecule has 0 aromatic heterocycles. The molecule has 3 aliphatic heterocycles. The maximum absolute atomic E-state index is 12.8. The molecule has 0 aliphatic carbocycles. The lowest BCUT2D eigenvalue weighted by Crippen LogP contribution is -2.71. The highest BCUT2D eigenvalue weighted by Gasteiger charge is 2.59. The third-order valence-electron chi connectivity index (χ3n) is 5.20. The molecule has 0 saturated carbocycles. The van der Waals surface area contributed by atoms with Crippen molar-refractivity contribution >= 4 is 46.4 Å². The van der Waals surface area contributed by atoms with Crippen LogP contribution in [0.2, 0.25) is 5.02 Å². The SMILES string of the molecule is O=C1NC(=S)NC(=O)C12Cc1c(Cl)cccc1N1CCCCC12. The van der Waals surface area contributed by atoms with Crippen LogP contribution in [0.4, 0.5) is 5.69 Å². The number of nitrogens with one attached hydrogen (secondary N) is 2. The van der Waals surface area contributed by atoms with E-state index in [2.05, 4.69) is 15.5 Å². The number of hydrogen-bond acceptors (Lipinski definition) is 4. The first-order valence-corrected chi connectivity index (χ1v) is 8.53. The van der Waals surface area contributed by atoms with Crippen molar-refractivity contribution in [2.45, 2.75) is 31.7 Å². The van der Waals surface area contributed by atoms with Crippen LogP contribution in [0, 0.1) is 5.41 Å².